The third-order valence-electron chi connectivity index (χ3n) is 6.92. The lowest BCUT2D eigenvalue weighted by atomic mass is 9.74. The highest BCUT2D eigenvalue weighted by Gasteiger charge is 2.46. The van der Waals surface area contributed by atoms with E-state index in [9.17, 15) is 19.8 Å². The fourth-order valence-corrected chi connectivity index (χ4v) is 4.87. The molecule has 0 amide bonds. The van der Waals surface area contributed by atoms with Crippen LogP contribution < -0.4 is 0 Å². The van der Waals surface area contributed by atoms with Gasteiger partial charge in [0.25, 0.3) is 0 Å². The van der Waals surface area contributed by atoms with Crippen molar-refractivity contribution in [3.05, 3.63) is 70.3 Å². The summed E-state index contributed by atoms with van der Waals surface area (Å²) in [5, 5.41) is 20.5. The third kappa shape index (κ3) is 3.99. The number of fused-ring (bicyclic) bond motifs is 1. The lowest BCUT2D eigenvalue weighted by Gasteiger charge is -2.29. The zero-order valence-electron chi connectivity index (χ0n) is 19.7. The molecule has 2 unspecified atom stereocenters. The van der Waals surface area contributed by atoms with Crippen LogP contribution in [0.25, 0.3) is 0 Å². The summed E-state index contributed by atoms with van der Waals surface area (Å²) in [6, 6.07) is 13.3. The Balaban J connectivity index is 2.03. The minimum Gasteiger partial charge on any atom is -0.382 e. The highest BCUT2D eigenvalue weighted by atomic mass is 16.3. The first-order chi connectivity index (χ1) is 14.1. The first-order valence-corrected chi connectivity index (χ1v) is 10.9. The molecule has 2 atom stereocenters. The van der Waals surface area contributed by atoms with Gasteiger partial charge >= 0.3 is 0 Å². The Morgan fingerprint density at radius 3 is 1.94 bits per heavy atom. The van der Waals surface area contributed by atoms with Crippen molar-refractivity contribution < 1.29 is 19.8 Å². The Hall–Kier alpha value is -2.30. The van der Waals surface area contributed by atoms with Gasteiger partial charge in [-0.25, -0.2) is 0 Å². The van der Waals surface area contributed by atoms with Gasteiger partial charge < -0.3 is 10.2 Å². The summed E-state index contributed by atoms with van der Waals surface area (Å²) in [6.45, 7) is 12.9. The van der Waals surface area contributed by atoms with Crippen molar-refractivity contribution in [3.8, 4) is 0 Å². The van der Waals surface area contributed by atoms with E-state index in [1.165, 1.54) is 13.8 Å². The molecule has 0 heterocycles. The molecule has 0 saturated carbocycles. The van der Waals surface area contributed by atoms with E-state index < -0.39 is 11.2 Å². The Morgan fingerprint density at radius 2 is 1.42 bits per heavy atom. The molecule has 2 aromatic rings. The van der Waals surface area contributed by atoms with Crippen LogP contribution >= 0.6 is 0 Å². The largest absolute Gasteiger partial charge is 0.382 e. The summed E-state index contributed by atoms with van der Waals surface area (Å²) in [5.74, 6) is -0.556. The molecule has 0 fully saturated rings. The maximum Gasteiger partial charge on any atom is 0.194 e. The third-order valence-corrected chi connectivity index (χ3v) is 6.92. The fraction of sp³-hybridized carbons (Fsp3) is 0.481. The smallest absolute Gasteiger partial charge is 0.194 e. The van der Waals surface area contributed by atoms with Crippen molar-refractivity contribution in [2.75, 3.05) is 0 Å². The summed E-state index contributed by atoms with van der Waals surface area (Å²) < 4.78 is 0. The number of ketones is 2. The van der Waals surface area contributed by atoms with Crippen LogP contribution in [0.1, 0.15) is 98.7 Å². The van der Waals surface area contributed by atoms with Crippen molar-refractivity contribution in [1.82, 2.24) is 0 Å². The van der Waals surface area contributed by atoms with Crippen LogP contribution in [0, 0.1) is 0 Å². The highest BCUT2D eigenvalue weighted by Crippen LogP contribution is 2.53. The maximum atomic E-state index is 12.6. The summed E-state index contributed by atoms with van der Waals surface area (Å²) >= 11 is 0. The van der Waals surface area contributed by atoms with Gasteiger partial charge in [-0.05, 0) is 61.8 Å². The van der Waals surface area contributed by atoms with Gasteiger partial charge in [0.15, 0.2) is 11.6 Å². The van der Waals surface area contributed by atoms with E-state index in [2.05, 4.69) is 20.8 Å². The first-order valence-electron chi connectivity index (χ1n) is 10.9. The van der Waals surface area contributed by atoms with Gasteiger partial charge in [-0.15, -0.1) is 0 Å². The number of rotatable bonds is 6. The number of benzene rings is 2. The summed E-state index contributed by atoms with van der Waals surface area (Å²) in [4.78, 5) is 25.2. The van der Waals surface area contributed by atoms with E-state index in [1.807, 2.05) is 24.3 Å². The normalized spacial score (nSPS) is 22.0. The molecule has 2 N–H and O–H groups in total. The van der Waals surface area contributed by atoms with Crippen molar-refractivity contribution >= 4 is 11.6 Å². The molecule has 0 saturated heterocycles. The molecule has 0 aromatic heterocycles. The first kappa shape index (κ1) is 23.4. The van der Waals surface area contributed by atoms with Crippen LogP contribution in [0.2, 0.25) is 0 Å². The summed E-state index contributed by atoms with van der Waals surface area (Å²) in [6.07, 6.45) is 1.22. The van der Waals surface area contributed by atoms with Crippen molar-refractivity contribution in [1.29, 1.82) is 0 Å². The standard InChI is InChI=1S/C27H34O4/c1-8-27(7,31)23(29)17-9-12-19(13-10-17)26(6)16-24(2,3)21-15-18(11-14-20(21)26)22(28)25(4,5)30/h9-15,30-31H,8,16H2,1-7H3. The van der Waals surface area contributed by atoms with E-state index >= 15 is 0 Å². The maximum absolute atomic E-state index is 12.6. The number of Topliss-reactive ketones (excluding diaryl/α,β-unsaturated/α-hetero) is 2. The lowest BCUT2D eigenvalue weighted by molar-refractivity contribution is 0.0390. The highest BCUT2D eigenvalue weighted by molar-refractivity contribution is 6.02. The minimum atomic E-state index is -1.41. The zero-order valence-corrected chi connectivity index (χ0v) is 19.7. The Labute approximate surface area is 185 Å². The predicted molar refractivity (Wildman–Crippen MR) is 123 cm³/mol. The molecule has 0 aliphatic heterocycles. The van der Waals surface area contributed by atoms with E-state index in [1.54, 1.807) is 32.0 Å². The molecule has 2 aromatic carbocycles. The van der Waals surface area contributed by atoms with Crippen LogP contribution in [0.4, 0.5) is 0 Å². The van der Waals surface area contributed by atoms with E-state index in [0.29, 0.717) is 17.5 Å². The molecule has 0 bridgehead atoms. The summed E-state index contributed by atoms with van der Waals surface area (Å²) in [7, 11) is 0. The van der Waals surface area contributed by atoms with E-state index in [4.69, 9.17) is 0 Å². The zero-order chi connectivity index (χ0) is 23.4. The van der Waals surface area contributed by atoms with Crippen LogP contribution in [0.3, 0.4) is 0 Å². The Morgan fingerprint density at radius 1 is 0.871 bits per heavy atom. The van der Waals surface area contributed by atoms with E-state index in [0.717, 1.165) is 23.1 Å². The molecule has 166 valence electrons. The fourth-order valence-electron chi connectivity index (χ4n) is 4.87. The quantitative estimate of drug-likeness (QED) is 0.645. The van der Waals surface area contributed by atoms with Gasteiger partial charge in [0.1, 0.15) is 11.2 Å². The van der Waals surface area contributed by atoms with Crippen molar-refractivity contribution in [2.45, 2.75) is 83.3 Å². The average Bonchev–Trinajstić information content (AvgIpc) is 2.92. The molecule has 4 nitrogen and oxygen atoms in total. The molecule has 1 aliphatic rings. The molecule has 0 spiro atoms. The Bertz CT molecular complexity index is 1020. The number of aliphatic hydroxyl groups is 2. The van der Waals surface area contributed by atoms with Gasteiger partial charge in [-0.2, -0.15) is 0 Å². The summed E-state index contributed by atoms with van der Waals surface area (Å²) in [5.41, 5.74) is 1.18. The van der Waals surface area contributed by atoms with Gasteiger partial charge in [-0.1, -0.05) is 64.1 Å². The molecule has 31 heavy (non-hydrogen) atoms. The van der Waals surface area contributed by atoms with Crippen molar-refractivity contribution in [3.63, 3.8) is 0 Å². The number of carbonyl (C=O) groups is 2. The van der Waals surface area contributed by atoms with Crippen LogP contribution in [-0.2, 0) is 10.8 Å². The van der Waals surface area contributed by atoms with Crippen LogP contribution in [0.15, 0.2) is 42.5 Å². The minimum absolute atomic E-state index is 0.152. The number of hydrogen-bond donors (Lipinski definition) is 2. The molecular formula is C27H34O4. The topological polar surface area (TPSA) is 74.6 Å². The van der Waals surface area contributed by atoms with Crippen LogP contribution in [0.5, 0.6) is 0 Å². The van der Waals surface area contributed by atoms with Gasteiger partial charge in [-0.3, -0.25) is 9.59 Å². The molecule has 1 aliphatic carbocycles. The van der Waals surface area contributed by atoms with Gasteiger partial charge in [0.05, 0.1) is 0 Å². The van der Waals surface area contributed by atoms with Crippen LogP contribution in [-0.4, -0.2) is 33.0 Å². The second-order valence-electron chi connectivity index (χ2n) is 10.6. The SMILES string of the molecule is CCC(C)(O)C(=O)c1ccc(C2(C)CC(C)(C)c3cc(C(=O)C(C)(C)O)ccc32)cc1. The van der Waals surface area contributed by atoms with Gasteiger partial charge in [0.2, 0.25) is 0 Å². The van der Waals surface area contributed by atoms with Gasteiger partial charge in [0, 0.05) is 16.5 Å². The monoisotopic (exact) mass is 422 g/mol. The molecule has 4 heteroatoms. The average molecular weight is 423 g/mol. The predicted octanol–water partition coefficient (Wildman–Crippen LogP) is 4.97. The molecule has 0 radical (unpaired) electrons. The number of hydrogen-bond acceptors (Lipinski definition) is 4. The Kier molecular flexibility index (Phi) is 5.57. The van der Waals surface area contributed by atoms with E-state index in [-0.39, 0.29) is 22.4 Å². The van der Waals surface area contributed by atoms with Crippen molar-refractivity contribution in [2.24, 2.45) is 0 Å². The molecule has 3 rings (SSSR count). The second kappa shape index (κ2) is 7.39. The lowest BCUT2D eigenvalue weighted by Crippen LogP contribution is -2.34. The second-order valence-corrected chi connectivity index (χ2v) is 10.6. The molecular weight excluding hydrogens is 388 g/mol. The number of carbonyl (C=O) groups excluding carboxylic acids is 2.